The fourth-order valence-electron chi connectivity index (χ4n) is 2.88. The van der Waals surface area contributed by atoms with Gasteiger partial charge in [-0.2, -0.15) is 9.78 Å². The molecule has 0 aliphatic heterocycles. The van der Waals surface area contributed by atoms with Crippen LogP contribution in [0.3, 0.4) is 0 Å². The second-order valence-electron chi connectivity index (χ2n) is 5.60. The lowest BCUT2D eigenvalue weighted by Gasteiger charge is -2.07. The van der Waals surface area contributed by atoms with E-state index in [2.05, 4.69) is 5.10 Å². The van der Waals surface area contributed by atoms with Crippen LogP contribution < -0.4 is 4.74 Å². The molecule has 0 saturated heterocycles. The first kappa shape index (κ1) is 15.8. The Hall–Kier alpha value is -3.67. The lowest BCUT2D eigenvalue weighted by molar-refractivity contribution is 0.0947. The molecule has 0 atom stereocenters. The second-order valence-corrected chi connectivity index (χ2v) is 5.60. The summed E-state index contributed by atoms with van der Waals surface area (Å²) in [4.78, 5) is 24.0. The Morgan fingerprint density at radius 3 is 2.62 bits per heavy atom. The van der Waals surface area contributed by atoms with Crippen LogP contribution in [0.25, 0.3) is 22.4 Å². The van der Waals surface area contributed by atoms with E-state index in [1.54, 1.807) is 36.4 Å². The molecule has 2 aromatic carbocycles. The molecular weight excluding hydrogens is 332 g/mol. The van der Waals surface area contributed by atoms with Gasteiger partial charge < -0.3 is 9.15 Å². The fourth-order valence-corrected chi connectivity index (χ4v) is 2.88. The maximum Gasteiger partial charge on any atom is 0.282 e. The van der Waals surface area contributed by atoms with Gasteiger partial charge >= 0.3 is 0 Å². The Morgan fingerprint density at radius 2 is 1.85 bits per heavy atom. The first-order valence-electron chi connectivity index (χ1n) is 7.94. The van der Waals surface area contributed by atoms with Crippen LogP contribution in [0.1, 0.15) is 20.9 Å². The van der Waals surface area contributed by atoms with Crippen LogP contribution in [0.5, 0.6) is 5.75 Å². The average Bonchev–Trinajstić information content (AvgIpc) is 3.32. The normalized spacial score (nSPS) is 10.8. The number of carbonyl (C=O) groups is 2. The molecule has 0 amide bonds. The maximum atomic E-state index is 13.1. The van der Waals surface area contributed by atoms with Crippen molar-refractivity contribution in [3.05, 3.63) is 72.0 Å². The molecule has 2 heterocycles. The van der Waals surface area contributed by atoms with Crippen molar-refractivity contribution in [1.29, 1.82) is 0 Å². The summed E-state index contributed by atoms with van der Waals surface area (Å²) in [5.74, 6) is 0.788. The number of nitrogens with zero attached hydrogens (tertiary/aromatic N) is 2. The van der Waals surface area contributed by atoms with E-state index >= 15 is 0 Å². The molecule has 6 nitrogen and oxygen atoms in total. The van der Waals surface area contributed by atoms with Gasteiger partial charge in [0.15, 0.2) is 17.8 Å². The van der Waals surface area contributed by atoms with E-state index < -0.39 is 0 Å². The van der Waals surface area contributed by atoms with Crippen molar-refractivity contribution >= 4 is 23.1 Å². The molecule has 6 heteroatoms. The zero-order valence-corrected chi connectivity index (χ0v) is 13.9. The van der Waals surface area contributed by atoms with Crippen LogP contribution in [-0.2, 0) is 0 Å². The molecule has 0 N–H and O–H groups in total. The van der Waals surface area contributed by atoms with Crippen molar-refractivity contribution in [3.63, 3.8) is 0 Å². The van der Waals surface area contributed by atoms with E-state index in [0.29, 0.717) is 34.6 Å². The van der Waals surface area contributed by atoms with Crippen LogP contribution >= 0.6 is 0 Å². The Bertz CT molecular complexity index is 1120. The number of aldehydes is 1. The van der Waals surface area contributed by atoms with Crippen LogP contribution in [-0.4, -0.2) is 29.1 Å². The van der Waals surface area contributed by atoms with Gasteiger partial charge in [-0.25, -0.2) is 0 Å². The zero-order chi connectivity index (χ0) is 18.1. The number of fused-ring (bicyclic) bond motifs is 1. The predicted molar refractivity (Wildman–Crippen MR) is 95.5 cm³/mol. The van der Waals surface area contributed by atoms with Gasteiger partial charge in [-0.05, 0) is 30.3 Å². The van der Waals surface area contributed by atoms with E-state index in [9.17, 15) is 9.59 Å². The Kier molecular flexibility index (Phi) is 3.85. The monoisotopic (exact) mass is 346 g/mol. The first-order valence-corrected chi connectivity index (χ1v) is 7.94. The Balaban J connectivity index is 1.91. The maximum absolute atomic E-state index is 13.1. The summed E-state index contributed by atoms with van der Waals surface area (Å²) in [5, 5.41) is 5.21. The van der Waals surface area contributed by atoms with Crippen molar-refractivity contribution < 1.29 is 18.7 Å². The third-order valence-electron chi connectivity index (χ3n) is 4.09. The summed E-state index contributed by atoms with van der Waals surface area (Å²) in [6.07, 6.45) is 0.628. The molecule has 0 fully saturated rings. The molecule has 0 spiro atoms. The van der Waals surface area contributed by atoms with Crippen molar-refractivity contribution in [2.45, 2.75) is 0 Å². The average molecular weight is 346 g/mol. The number of para-hydroxylation sites is 2. The van der Waals surface area contributed by atoms with Gasteiger partial charge in [0.05, 0.1) is 18.2 Å². The van der Waals surface area contributed by atoms with Crippen LogP contribution in [0, 0.1) is 0 Å². The second kappa shape index (κ2) is 6.33. The largest absolute Gasteiger partial charge is 0.496 e. The smallest absolute Gasteiger partial charge is 0.282 e. The van der Waals surface area contributed by atoms with E-state index in [1.165, 1.54) is 11.8 Å². The third-order valence-corrected chi connectivity index (χ3v) is 4.09. The molecule has 0 radical (unpaired) electrons. The lowest BCUT2D eigenvalue weighted by atomic mass is 10.1. The highest BCUT2D eigenvalue weighted by molar-refractivity contribution is 6.05. The highest BCUT2D eigenvalue weighted by Gasteiger charge is 2.21. The molecule has 0 aliphatic carbocycles. The highest BCUT2D eigenvalue weighted by atomic mass is 16.5. The highest BCUT2D eigenvalue weighted by Crippen LogP contribution is 2.30. The van der Waals surface area contributed by atoms with E-state index in [0.717, 1.165) is 5.39 Å². The molecule has 4 aromatic rings. The van der Waals surface area contributed by atoms with E-state index in [4.69, 9.17) is 9.15 Å². The van der Waals surface area contributed by atoms with Gasteiger partial charge in [-0.1, -0.05) is 30.3 Å². The van der Waals surface area contributed by atoms with Crippen LogP contribution in [0.2, 0.25) is 0 Å². The number of ether oxygens (including phenoxy) is 1. The number of aromatic nitrogens is 2. The lowest BCUT2D eigenvalue weighted by Crippen LogP contribution is -2.14. The molecule has 0 aliphatic rings. The van der Waals surface area contributed by atoms with Crippen molar-refractivity contribution in [3.8, 4) is 17.2 Å². The van der Waals surface area contributed by atoms with Crippen molar-refractivity contribution in [1.82, 2.24) is 9.78 Å². The fraction of sp³-hybridized carbons (Fsp3) is 0.0500. The van der Waals surface area contributed by atoms with Gasteiger partial charge in [-0.15, -0.1) is 0 Å². The summed E-state index contributed by atoms with van der Waals surface area (Å²) >= 11 is 0. The topological polar surface area (TPSA) is 74.3 Å². The van der Waals surface area contributed by atoms with E-state index in [1.807, 2.05) is 24.3 Å². The zero-order valence-electron chi connectivity index (χ0n) is 13.9. The molecular formula is C20H14N2O4. The summed E-state index contributed by atoms with van der Waals surface area (Å²) in [5.41, 5.74) is 1.54. The Labute approximate surface area is 148 Å². The van der Waals surface area contributed by atoms with Gasteiger partial charge in [0.2, 0.25) is 0 Å². The molecule has 0 unspecified atom stereocenters. The molecule has 2 aromatic heterocycles. The van der Waals surface area contributed by atoms with Gasteiger partial charge in [0, 0.05) is 5.39 Å². The van der Waals surface area contributed by atoms with Crippen LogP contribution in [0.15, 0.2) is 65.1 Å². The van der Waals surface area contributed by atoms with Crippen molar-refractivity contribution in [2.24, 2.45) is 0 Å². The molecule has 26 heavy (non-hydrogen) atoms. The van der Waals surface area contributed by atoms with Gasteiger partial charge in [-0.3, -0.25) is 9.59 Å². The number of methoxy groups -OCH3 is 1. The standard InChI is InChI=1S/C20H14N2O4/c1-25-17-9-5-3-7-15(17)20(24)22-16-8-4-2-6-14(16)19(21-22)18-11-10-13(12-23)26-18/h2-12H,1H3. The Morgan fingerprint density at radius 1 is 1.08 bits per heavy atom. The van der Waals surface area contributed by atoms with E-state index in [-0.39, 0.29) is 11.7 Å². The summed E-state index contributed by atoms with van der Waals surface area (Å²) in [7, 11) is 1.52. The minimum absolute atomic E-state index is 0.203. The first-order chi connectivity index (χ1) is 12.7. The predicted octanol–water partition coefficient (Wildman–Crippen LogP) is 3.81. The van der Waals surface area contributed by atoms with Gasteiger partial charge in [0.25, 0.3) is 5.91 Å². The van der Waals surface area contributed by atoms with Crippen molar-refractivity contribution in [2.75, 3.05) is 7.11 Å². The summed E-state index contributed by atoms with van der Waals surface area (Å²) < 4.78 is 12.1. The molecule has 4 rings (SSSR count). The van der Waals surface area contributed by atoms with Crippen LogP contribution in [0.4, 0.5) is 0 Å². The SMILES string of the molecule is COc1ccccc1C(=O)n1nc(-c2ccc(C=O)o2)c2ccccc21. The molecule has 0 saturated carbocycles. The number of hydrogen-bond acceptors (Lipinski definition) is 5. The number of furan rings is 1. The number of benzene rings is 2. The summed E-state index contributed by atoms with van der Waals surface area (Å²) in [6, 6.07) is 17.6. The minimum Gasteiger partial charge on any atom is -0.496 e. The number of rotatable bonds is 4. The molecule has 128 valence electrons. The summed E-state index contributed by atoms with van der Waals surface area (Å²) in [6.45, 7) is 0. The quantitative estimate of drug-likeness (QED) is 0.525. The van der Waals surface area contributed by atoms with Gasteiger partial charge in [0.1, 0.15) is 11.4 Å². The minimum atomic E-state index is -0.313. The number of carbonyl (C=O) groups excluding carboxylic acids is 2. The number of hydrogen-bond donors (Lipinski definition) is 0. The third kappa shape index (κ3) is 2.48. The molecule has 0 bridgehead atoms.